The number of unbranched alkanes of at least 4 members (excludes halogenated alkanes) is 1. The van der Waals surface area contributed by atoms with E-state index in [-0.39, 0.29) is 5.91 Å². The van der Waals surface area contributed by atoms with E-state index in [4.69, 9.17) is 0 Å². The maximum Gasteiger partial charge on any atom is 0.326 e. The minimum Gasteiger partial charge on any atom is -0.480 e. The molecular weight excluding hydrogens is 298 g/mol. The van der Waals surface area contributed by atoms with Gasteiger partial charge in [0, 0.05) is 5.56 Å². The molecule has 5 heteroatoms. The Morgan fingerprint density at radius 2 is 1.91 bits per heavy atom. The summed E-state index contributed by atoms with van der Waals surface area (Å²) < 4.78 is 0. The van der Waals surface area contributed by atoms with Crippen molar-refractivity contribution in [3.8, 4) is 0 Å². The molecule has 1 atom stereocenters. The average Bonchev–Trinajstić information content (AvgIpc) is 2.52. The molecule has 0 aromatic heterocycles. The summed E-state index contributed by atoms with van der Waals surface area (Å²) in [6.45, 7) is 4.17. The normalized spacial score (nSPS) is 11.9. The lowest BCUT2D eigenvalue weighted by atomic mass is 10.1. The highest BCUT2D eigenvalue weighted by Crippen LogP contribution is 2.09. The van der Waals surface area contributed by atoms with Gasteiger partial charge in [-0.15, -0.1) is 0 Å². The summed E-state index contributed by atoms with van der Waals surface area (Å²) >= 11 is 1.67. The van der Waals surface area contributed by atoms with E-state index in [1.165, 1.54) is 5.56 Å². The lowest BCUT2D eigenvalue weighted by Crippen LogP contribution is -2.41. The highest BCUT2D eigenvalue weighted by Gasteiger charge is 2.20. The van der Waals surface area contributed by atoms with Crippen LogP contribution in [-0.2, 0) is 11.2 Å². The molecule has 1 aromatic rings. The molecule has 2 N–H and O–H groups in total. The van der Waals surface area contributed by atoms with Crippen molar-refractivity contribution in [3.63, 3.8) is 0 Å². The Kier molecular flexibility index (Phi) is 8.67. The molecule has 0 saturated carbocycles. The van der Waals surface area contributed by atoms with Crippen molar-refractivity contribution in [1.82, 2.24) is 5.32 Å². The van der Waals surface area contributed by atoms with E-state index in [1.807, 2.05) is 19.1 Å². The van der Waals surface area contributed by atoms with Gasteiger partial charge in [0.15, 0.2) is 0 Å². The van der Waals surface area contributed by atoms with Crippen LogP contribution in [0.4, 0.5) is 0 Å². The lowest BCUT2D eigenvalue weighted by Gasteiger charge is -2.14. The molecule has 1 amide bonds. The van der Waals surface area contributed by atoms with Crippen molar-refractivity contribution in [3.05, 3.63) is 35.4 Å². The third-order valence-corrected chi connectivity index (χ3v) is 4.33. The summed E-state index contributed by atoms with van der Waals surface area (Å²) in [6.07, 6.45) is 3.71. The predicted molar refractivity (Wildman–Crippen MR) is 91.6 cm³/mol. The molecule has 0 aliphatic carbocycles. The maximum absolute atomic E-state index is 12.1. The molecule has 22 heavy (non-hydrogen) atoms. The standard InChI is InChI=1S/C17H25NO3S/c1-3-5-6-13-7-9-14(10-8-13)16(19)18-15(17(20)21)11-12-22-4-2/h7-10,15H,3-6,11-12H2,1-2H3,(H,18,19)(H,20,21). The molecule has 0 spiro atoms. The highest BCUT2D eigenvalue weighted by molar-refractivity contribution is 7.99. The number of aliphatic carboxylic acids is 1. The number of carboxylic acids is 1. The number of hydrogen-bond donors (Lipinski definition) is 2. The summed E-state index contributed by atoms with van der Waals surface area (Å²) in [4.78, 5) is 23.3. The quantitative estimate of drug-likeness (QED) is 0.648. The third-order valence-electron chi connectivity index (χ3n) is 3.39. The summed E-state index contributed by atoms with van der Waals surface area (Å²) in [6, 6.07) is 6.58. The van der Waals surface area contributed by atoms with Crippen LogP contribution in [-0.4, -0.2) is 34.5 Å². The van der Waals surface area contributed by atoms with Crippen molar-refractivity contribution in [1.29, 1.82) is 0 Å². The van der Waals surface area contributed by atoms with Crippen LogP contribution in [0.25, 0.3) is 0 Å². The second-order valence-electron chi connectivity index (χ2n) is 5.15. The Morgan fingerprint density at radius 3 is 2.45 bits per heavy atom. The summed E-state index contributed by atoms with van der Waals surface area (Å²) in [5, 5.41) is 11.8. The number of benzene rings is 1. The lowest BCUT2D eigenvalue weighted by molar-refractivity contribution is -0.139. The Bertz CT molecular complexity index is 473. The molecule has 0 radical (unpaired) electrons. The number of carboxylic acid groups (broad SMARTS) is 1. The molecule has 0 fully saturated rings. The van der Waals surface area contributed by atoms with Gasteiger partial charge in [0.1, 0.15) is 6.04 Å². The number of aryl methyl sites for hydroxylation is 1. The average molecular weight is 323 g/mol. The predicted octanol–water partition coefficient (Wildman–Crippen LogP) is 3.36. The summed E-state index contributed by atoms with van der Waals surface area (Å²) in [5.41, 5.74) is 1.71. The zero-order valence-corrected chi connectivity index (χ0v) is 14.1. The van der Waals surface area contributed by atoms with Crippen LogP contribution >= 0.6 is 11.8 Å². The molecule has 0 aliphatic heterocycles. The first-order valence-electron chi connectivity index (χ1n) is 7.78. The van der Waals surface area contributed by atoms with Crippen LogP contribution in [0, 0.1) is 0 Å². The molecule has 0 heterocycles. The van der Waals surface area contributed by atoms with Crippen LogP contribution in [0.2, 0.25) is 0 Å². The van der Waals surface area contributed by atoms with Gasteiger partial charge in [0.05, 0.1) is 0 Å². The smallest absolute Gasteiger partial charge is 0.326 e. The molecular formula is C17H25NO3S. The van der Waals surface area contributed by atoms with Gasteiger partial charge >= 0.3 is 5.97 Å². The molecule has 1 aromatic carbocycles. The summed E-state index contributed by atoms with van der Waals surface area (Å²) in [5.74, 6) is 0.365. The number of carbonyl (C=O) groups excluding carboxylic acids is 1. The molecule has 122 valence electrons. The molecule has 1 rings (SSSR count). The van der Waals surface area contributed by atoms with Gasteiger partial charge in [-0.1, -0.05) is 32.4 Å². The largest absolute Gasteiger partial charge is 0.480 e. The molecule has 1 unspecified atom stereocenters. The van der Waals surface area contributed by atoms with Gasteiger partial charge in [-0.2, -0.15) is 11.8 Å². The van der Waals surface area contributed by atoms with Gasteiger partial charge in [-0.05, 0) is 48.5 Å². The fourth-order valence-corrected chi connectivity index (χ4v) is 2.74. The fourth-order valence-electron chi connectivity index (χ4n) is 2.05. The minimum atomic E-state index is -0.982. The van der Waals surface area contributed by atoms with Crippen molar-refractivity contribution < 1.29 is 14.7 Å². The van der Waals surface area contributed by atoms with Gasteiger partial charge in [0.25, 0.3) is 5.91 Å². The molecule has 4 nitrogen and oxygen atoms in total. The Balaban J connectivity index is 2.59. The van der Waals surface area contributed by atoms with E-state index in [0.29, 0.717) is 12.0 Å². The van der Waals surface area contributed by atoms with Crippen LogP contribution in [0.5, 0.6) is 0 Å². The molecule has 0 aliphatic rings. The first kappa shape index (κ1) is 18.6. The van der Waals surface area contributed by atoms with E-state index >= 15 is 0 Å². The van der Waals surface area contributed by atoms with Gasteiger partial charge in [0.2, 0.25) is 0 Å². The topological polar surface area (TPSA) is 66.4 Å². The van der Waals surface area contributed by atoms with E-state index < -0.39 is 12.0 Å². The monoisotopic (exact) mass is 323 g/mol. The van der Waals surface area contributed by atoms with E-state index in [9.17, 15) is 14.7 Å². The summed E-state index contributed by atoms with van der Waals surface area (Å²) in [7, 11) is 0. The highest BCUT2D eigenvalue weighted by atomic mass is 32.2. The number of carbonyl (C=O) groups is 2. The molecule has 0 bridgehead atoms. The van der Waals surface area contributed by atoms with Crippen molar-refractivity contribution in [2.75, 3.05) is 11.5 Å². The van der Waals surface area contributed by atoms with Crippen molar-refractivity contribution >= 4 is 23.6 Å². The van der Waals surface area contributed by atoms with E-state index in [2.05, 4.69) is 12.2 Å². The van der Waals surface area contributed by atoms with Gasteiger partial charge in [-0.25, -0.2) is 4.79 Å². The zero-order chi connectivity index (χ0) is 16.4. The van der Waals surface area contributed by atoms with Crippen LogP contribution < -0.4 is 5.32 Å². The molecule has 0 saturated heterocycles. The Labute approximate surface area is 136 Å². The first-order valence-corrected chi connectivity index (χ1v) is 8.94. The third kappa shape index (κ3) is 6.52. The first-order chi connectivity index (χ1) is 10.6. The zero-order valence-electron chi connectivity index (χ0n) is 13.3. The number of amides is 1. The van der Waals surface area contributed by atoms with Gasteiger partial charge < -0.3 is 10.4 Å². The minimum absolute atomic E-state index is 0.323. The second kappa shape index (κ2) is 10.3. The number of thioether (sulfide) groups is 1. The number of rotatable bonds is 10. The Morgan fingerprint density at radius 1 is 1.23 bits per heavy atom. The van der Waals surface area contributed by atoms with Crippen LogP contribution in [0.3, 0.4) is 0 Å². The SMILES string of the molecule is CCCCc1ccc(C(=O)NC(CCSCC)C(=O)O)cc1. The van der Waals surface area contributed by atoms with Crippen molar-refractivity contribution in [2.24, 2.45) is 0 Å². The van der Waals surface area contributed by atoms with E-state index in [0.717, 1.165) is 30.8 Å². The Hall–Kier alpha value is -1.49. The van der Waals surface area contributed by atoms with Crippen LogP contribution in [0.1, 0.15) is 49.0 Å². The van der Waals surface area contributed by atoms with Crippen LogP contribution in [0.15, 0.2) is 24.3 Å². The van der Waals surface area contributed by atoms with E-state index in [1.54, 1.807) is 23.9 Å². The number of nitrogens with one attached hydrogen (secondary N) is 1. The van der Waals surface area contributed by atoms with Gasteiger partial charge in [-0.3, -0.25) is 4.79 Å². The van der Waals surface area contributed by atoms with Crippen molar-refractivity contribution in [2.45, 2.75) is 45.6 Å². The maximum atomic E-state index is 12.1. The second-order valence-corrected chi connectivity index (χ2v) is 6.54. The number of hydrogen-bond acceptors (Lipinski definition) is 3. The fraction of sp³-hybridized carbons (Fsp3) is 0.529.